The lowest BCUT2D eigenvalue weighted by Gasteiger charge is -2.36. The summed E-state index contributed by atoms with van der Waals surface area (Å²) in [7, 11) is 0. The fourth-order valence-corrected chi connectivity index (χ4v) is 6.97. The van der Waals surface area contributed by atoms with Crippen molar-refractivity contribution in [3.63, 3.8) is 0 Å². The average Bonchev–Trinajstić information content (AvgIpc) is 3.59. The molecule has 1 saturated heterocycles. The second-order valence-corrected chi connectivity index (χ2v) is 16.0. The number of Topliss-reactive ketones (excluding diaryl/α,β-unsaturated/α-hetero) is 1. The maximum Gasteiger partial charge on any atom is 0.329 e. The van der Waals surface area contributed by atoms with Gasteiger partial charge in [0.25, 0.3) is 5.91 Å². The number of nitrogens with zero attached hydrogens (tertiary/aromatic N) is 1. The van der Waals surface area contributed by atoms with E-state index in [-0.39, 0.29) is 29.6 Å². The highest BCUT2D eigenvalue weighted by molar-refractivity contribution is 6.37. The quantitative estimate of drug-likeness (QED) is 0.186. The Bertz CT molecular complexity index is 1150. The minimum Gasteiger partial charge on any atom is -0.458 e. The van der Waals surface area contributed by atoms with Crippen LogP contribution in [0.2, 0.25) is 0 Å². The first-order valence-corrected chi connectivity index (χ1v) is 17.0. The Morgan fingerprint density at radius 3 is 1.93 bits per heavy atom. The largest absolute Gasteiger partial charge is 0.458 e. The van der Waals surface area contributed by atoms with Gasteiger partial charge in [0.15, 0.2) is 0 Å². The molecule has 5 N–H and O–H groups in total. The topological polar surface area (TPSA) is 177 Å². The van der Waals surface area contributed by atoms with Crippen LogP contribution in [0.4, 0.5) is 4.79 Å². The Morgan fingerprint density at radius 2 is 1.46 bits per heavy atom. The molecule has 2 aliphatic carbocycles. The summed E-state index contributed by atoms with van der Waals surface area (Å²) in [6.07, 6.45) is 7.08. The summed E-state index contributed by atoms with van der Waals surface area (Å²) in [4.78, 5) is 81.0. The number of esters is 1. The molecule has 0 aromatic rings. The number of nitrogens with one attached hydrogen (secondary N) is 3. The van der Waals surface area contributed by atoms with Crippen molar-refractivity contribution in [1.29, 1.82) is 0 Å². The number of ether oxygens (including phenoxy) is 1. The number of nitrogens with two attached hydrogens (primary N) is 1. The van der Waals surface area contributed by atoms with E-state index in [0.29, 0.717) is 19.4 Å². The number of likely N-dealkylation sites (tertiary alicyclic amines) is 1. The Morgan fingerprint density at radius 1 is 0.848 bits per heavy atom. The molecule has 0 aromatic heterocycles. The van der Waals surface area contributed by atoms with Gasteiger partial charge in [-0.25, -0.2) is 9.59 Å². The van der Waals surface area contributed by atoms with E-state index >= 15 is 0 Å². The van der Waals surface area contributed by atoms with Gasteiger partial charge in [-0.3, -0.25) is 19.2 Å². The van der Waals surface area contributed by atoms with Crippen LogP contribution < -0.4 is 21.7 Å². The molecule has 12 heteroatoms. The minimum atomic E-state index is -1.10. The fourth-order valence-electron chi connectivity index (χ4n) is 6.97. The summed E-state index contributed by atoms with van der Waals surface area (Å²) >= 11 is 0. The van der Waals surface area contributed by atoms with E-state index in [2.05, 4.69) is 16.0 Å². The van der Waals surface area contributed by atoms with E-state index in [1.807, 2.05) is 34.6 Å². The summed E-state index contributed by atoms with van der Waals surface area (Å²) in [5.41, 5.74) is 3.91. The second kappa shape index (κ2) is 15.2. The van der Waals surface area contributed by atoms with Gasteiger partial charge in [0.1, 0.15) is 23.7 Å². The highest BCUT2D eigenvalue weighted by Crippen LogP contribution is 2.35. The first kappa shape index (κ1) is 37.3. The SMILES string of the molecule is CC(C)[C@H]1CCN(C(=O)[C@@H](NC(=O)N[C@H](C(=O)OC(C)(C)C)C(C)(C)C)C2CCCC2)[C@@H]1C(=O)NC(CC1CCC1)C(=O)C(N)=O. The smallest absolute Gasteiger partial charge is 0.329 e. The van der Waals surface area contributed by atoms with Crippen molar-refractivity contribution in [2.75, 3.05) is 6.54 Å². The Labute approximate surface area is 274 Å². The molecule has 5 atom stereocenters. The predicted octanol–water partition coefficient (Wildman–Crippen LogP) is 3.20. The number of rotatable bonds is 12. The lowest BCUT2D eigenvalue weighted by molar-refractivity contribution is -0.160. The van der Waals surface area contributed by atoms with Crippen LogP contribution in [0.3, 0.4) is 0 Å². The van der Waals surface area contributed by atoms with Crippen LogP contribution in [-0.2, 0) is 28.7 Å². The molecule has 3 fully saturated rings. The van der Waals surface area contributed by atoms with Gasteiger partial charge in [0.2, 0.25) is 17.6 Å². The minimum absolute atomic E-state index is 0.0491. The summed E-state index contributed by atoms with van der Waals surface area (Å²) < 4.78 is 5.58. The average molecular weight is 648 g/mol. The molecule has 46 heavy (non-hydrogen) atoms. The normalized spacial score (nSPS) is 22.8. The maximum atomic E-state index is 14.4. The third-order valence-corrected chi connectivity index (χ3v) is 9.73. The number of hydrogen-bond donors (Lipinski definition) is 4. The van der Waals surface area contributed by atoms with Gasteiger partial charge in [-0.2, -0.15) is 0 Å². The Kier molecular flexibility index (Phi) is 12.3. The van der Waals surface area contributed by atoms with Crippen LogP contribution in [0.5, 0.6) is 0 Å². The molecule has 3 aliphatic rings. The molecule has 260 valence electrons. The highest BCUT2D eigenvalue weighted by Gasteiger charge is 2.48. The zero-order valence-corrected chi connectivity index (χ0v) is 29.1. The lowest BCUT2D eigenvalue weighted by atomic mass is 9.80. The molecule has 0 spiro atoms. The lowest BCUT2D eigenvalue weighted by Crippen LogP contribution is -2.61. The number of carbonyl (C=O) groups is 6. The molecular formula is C34H57N5O7. The van der Waals surface area contributed by atoms with E-state index in [9.17, 15) is 28.8 Å². The van der Waals surface area contributed by atoms with Crippen LogP contribution in [0, 0.1) is 29.1 Å². The van der Waals surface area contributed by atoms with E-state index < -0.39 is 64.8 Å². The van der Waals surface area contributed by atoms with Crippen molar-refractivity contribution in [3.8, 4) is 0 Å². The van der Waals surface area contributed by atoms with Crippen molar-refractivity contribution >= 4 is 35.5 Å². The first-order valence-electron chi connectivity index (χ1n) is 17.0. The van der Waals surface area contributed by atoms with Crippen LogP contribution in [0.15, 0.2) is 0 Å². The van der Waals surface area contributed by atoms with Crippen LogP contribution in [0.1, 0.15) is 113 Å². The Hall–Kier alpha value is -3.18. The monoisotopic (exact) mass is 647 g/mol. The van der Waals surface area contributed by atoms with Gasteiger partial charge in [-0.15, -0.1) is 0 Å². The summed E-state index contributed by atoms with van der Waals surface area (Å²) in [5, 5.41) is 8.44. The number of urea groups is 1. The van der Waals surface area contributed by atoms with E-state index in [1.54, 1.807) is 20.8 Å². The van der Waals surface area contributed by atoms with E-state index in [0.717, 1.165) is 44.9 Å². The van der Waals surface area contributed by atoms with Crippen LogP contribution in [-0.4, -0.2) is 76.7 Å². The second-order valence-electron chi connectivity index (χ2n) is 16.0. The first-order chi connectivity index (χ1) is 21.3. The number of primary amides is 1. The van der Waals surface area contributed by atoms with Gasteiger partial charge in [-0.1, -0.05) is 66.7 Å². The summed E-state index contributed by atoms with van der Waals surface area (Å²) in [5.74, 6) is -3.42. The van der Waals surface area contributed by atoms with Crippen molar-refractivity contribution in [2.24, 2.45) is 34.8 Å². The Balaban J connectivity index is 1.85. The van der Waals surface area contributed by atoms with E-state index in [1.165, 1.54) is 4.90 Å². The van der Waals surface area contributed by atoms with Crippen molar-refractivity contribution in [2.45, 2.75) is 143 Å². The zero-order chi connectivity index (χ0) is 34.6. The molecule has 2 saturated carbocycles. The number of hydrogen-bond acceptors (Lipinski definition) is 7. The van der Waals surface area contributed by atoms with Gasteiger partial charge >= 0.3 is 12.0 Å². The van der Waals surface area contributed by atoms with Crippen LogP contribution in [0.25, 0.3) is 0 Å². The summed E-state index contributed by atoms with van der Waals surface area (Å²) in [6, 6.07) is -4.48. The number of amides is 5. The molecule has 12 nitrogen and oxygen atoms in total. The maximum absolute atomic E-state index is 14.4. The molecule has 5 amide bonds. The van der Waals surface area contributed by atoms with Gasteiger partial charge < -0.3 is 31.3 Å². The molecule has 1 heterocycles. The molecule has 3 rings (SSSR count). The molecular weight excluding hydrogens is 590 g/mol. The van der Waals surface area contributed by atoms with Gasteiger partial charge in [0, 0.05) is 6.54 Å². The summed E-state index contributed by atoms with van der Waals surface area (Å²) in [6.45, 7) is 15.0. The third kappa shape index (κ3) is 9.67. The molecule has 0 aromatic carbocycles. The molecule has 1 unspecified atom stereocenters. The van der Waals surface area contributed by atoms with Crippen molar-refractivity contribution in [1.82, 2.24) is 20.9 Å². The van der Waals surface area contributed by atoms with Crippen LogP contribution >= 0.6 is 0 Å². The van der Waals surface area contributed by atoms with Crippen molar-refractivity contribution in [3.05, 3.63) is 0 Å². The highest BCUT2D eigenvalue weighted by atomic mass is 16.6. The molecule has 0 bridgehead atoms. The predicted molar refractivity (Wildman–Crippen MR) is 173 cm³/mol. The van der Waals surface area contributed by atoms with Gasteiger partial charge in [0.05, 0.1) is 6.04 Å². The number of carbonyl (C=O) groups excluding carboxylic acids is 6. The van der Waals surface area contributed by atoms with E-state index in [4.69, 9.17) is 10.5 Å². The van der Waals surface area contributed by atoms with Crippen molar-refractivity contribution < 1.29 is 33.5 Å². The van der Waals surface area contributed by atoms with Gasteiger partial charge in [-0.05, 0) is 75.5 Å². The molecule has 1 aliphatic heterocycles. The standard InChI is InChI=1S/C34H57N5O7/c1-19(2)22-16-17-39(25(22)29(42)36-23(26(40)28(35)41)18-20-12-11-13-20)30(43)24(21-14-9-10-15-21)37-32(45)38-27(33(3,4)5)31(44)46-34(6,7)8/h19-25,27H,9-18H2,1-8H3,(H2,35,41)(H,36,42)(H2,37,38,45)/t22-,23?,24+,25+,27-/m1/s1. The fraction of sp³-hybridized carbons (Fsp3) is 0.824. The molecule has 0 radical (unpaired) electrons. The number of ketones is 1. The zero-order valence-electron chi connectivity index (χ0n) is 29.1. The third-order valence-electron chi connectivity index (χ3n) is 9.73.